The lowest BCUT2D eigenvalue weighted by Gasteiger charge is -2.04. The first kappa shape index (κ1) is 10.6. The Kier molecular flexibility index (Phi) is 2.86. The largest absolute Gasteiger partial charge is 0.384 e. The van der Waals surface area contributed by atoms with Crippen molar-refractivity contribution in [2.24, 2.45) is 0 Å². The van der Waals surface area contributed by atoms with E-state index in [0.717, 1.165) is 17.7 Å². The van der Waals surface area contributed by atoms with Gasteiger partial charge in [-0.25, -0.2) is 9.97 Å². The van der Waals surface area contributed by atoms with Gasteiger partial charge in [0.1, 0.15) is 5.82 Å². The molecule has 82 valence electrons. The van der Waals surface area contributed by atoms with E-state index in [1.165, 1.54) is 5.56 Å². The fourth-order valence-electron chi connectivity index (χ4n) is 1.61. The summed E-state index contributed by atoms with van der Waals surface area (Å²) in [5.74, 6) is 1.21. The molecule has 0 atom stereocenters. The normalized spacial score (nSPS) is 10.4. The second-order valence-electron chi connectivity index (χ2n) is 3.81. The van der Waals surface area contributed by atoms with E-state index in [9.17, 15) is 0 Å². The number of hydrogen-bond donors (Lipinski definition) is 1. The van der Waals surface area contributed by atoms with Gasteiger partial charge in [-0.15, -0.1) is 0 Å². The molecule has 1 heterocycles. The van der Waals surface area contributed by atoms with E-state index in [4.69, 9.17) is 5.73 Å². The van der Waals surface area contributed by atoms with E-state index >= 15 is 0 Å². The van der Waals surface area contributed by atoms with E-state index in [2.05, 4.69) is 29.0 Å². The molecule has 16 heavy (non-hydrogen) atoms. The Labute approximate surface area is 95.4 Å². The Hall–Kier alpha value is -1.90. The number of benzene rings is 1. The molecule has 0 aliphatic carbocycles. The van der Waals surface area contributed by atoms with Crippen molar-refractivity contribution in [3.05, 3.63) is 41.6 Å². The molecule has 0 fully saturated rings. The number of nitrogens with zero attached hydrogens (tertiary/aromatic N) is 2. The smallest absolute Gasteiger partial charge is 0.161 e. The number of aromatic nitrogens is 2. The van der Waals surface area contributed by atoms with Crippen LogP contribution in [0.4, 0.5) is 5.82 Å². The molecule has 0 radical (unpaired) electrons. The van der Waals surface area contributed by atoms with Crippen molar-refractivity contribution in [1.29, 1.82) is 0 Å². The van der Waals surface area contributed by atoms with Crippen molar-refractivity contribution in [2.45, 2.75) is 20.3 Å². The quantitative estimate of drug-likeness (QED) is 0.834. The van der Waals surface area contributed by atoms with Crippen LogP contribution in [-0.2, 0) is 6.42 Å². The Morgan fingerprint density at radius 1 is 1.12 bits per heavy atom. The Morgan fingerprint density at radius 3 is 2.38 bits per heavy atom. The average molecular weight is 213 g/mol. The molecule has 0 amide bonds. The summed E-state index contributed by atoms with van der Waals surface area (Å²) in [5, 5.41) is 0. The molecule has 1 aromatic heterocycles. The summed E-state index contributed by atoms with van der Waals surface area (Å²) in [6.07, 6.45) is 1.04. The third-order valence-electron chi connectivity index (χ3n) is 2.49. The van der Waals surface area contributed by atoms with Crippen LogP contribution >= 0.6 is 0 Å². The van der Waals surface area contributed by atoms with Crippen molar-refractivity contribution in [3.8, 4) is 11.4 Å². The minimum atomic E-state index is 0.516. The first-order valence-electron chi connectivity index (χ1n) is 5.39. The van der Waals surface area contributed by atoms with Crippen molar-refractivity contribution < 1.29 is 0 Å². The highest BCUT2D eigenvalue weighted by molar-refractivity contribution is 5.57. The minimum absolute atomic E-state index is 0.516. The third-order valence-corrected chi connectivity index (χ3v) is 2.49. The first-order valence-corrected chi connectivity index (χ1v) is 5.39. The zero-order valence-electron chi connectivity index (χ0n) is 9.57. The van der Waals surface area contributed by atoms with Gasteiger partial charge in [0.15, 0.2) is 5.82 Å². The fraction of sp³-hybridized carbons (Fsp3) is 0.231. The summed E-state index contributed by atoms with van der Waals surface area (Å²) in [5.41, 5.74) is 8.91. The van der Waals surface area contributed by atoms with Crippen LogP contribution in [0, 0.1) is 6.92 Å². The van der Waals surface area contributed by atoms with Crippen LogP contribution < -0.4 is 5.73 Å². The SMILES string of the molecule is CCc1ccc(-c2nc(C)cc(N)n2)cc1. The second kappa shape index (κ2) is 4.31. The van der Waals surface area contributed by atoms with Crippen LogP contribution in [0.2, 0.25) is 0 Å². The molecule has 0 spiro atoms. The number of aryl methyl sites for hydroxylation is 2. The fourth-order valence-corrected chi connectivity index (χ4v) is 1.61. The van der Waals surface area contributed by atoms with Gasteiger partial charge in [-0.1, -0.05) is 31.2 Å². The van der Waals surface area contributed by atoms with Gasteiger partial charge in [0.25, 0.3) is 0 Å². The Balaban J connectivity index is 2.42. The predicted molar refractivity (Wildman–Crippen MR) is 66.0 cm³/mol. The zero-order valence-corrected chi connectivity index (χ0v) is 9.57. The molecular weight excluding hydrogens is 198 g/mol. The van der Waals surface area contributed by atoms with Crippen LogP contribution in [0.1, 0.15) is 18.2 Å². The summed E-state index contributed by atoms with van der Waals surface area (Å²) in [6.45, 7) is 4.05. The molecule has 0 bridgehead atoms. The van der Waals surface area contributed by atoms with Crippen LogP contribution in [0.5, 0.6) is 0 Å². The molecule has 0 aliphatic heterocycles. The summed E-state index contributed by atoms with van der Waals surface area (Å²) in [4.78, 5) is 8.60. The topological polar surface area (TPSA) is 51.8 Å². The number of nitrogen functional groups attached to an aromatic ring is 1. The van der Waals surface area contributed by atoms with Gasteiger partial charge in [0, 0.05) is 17.3 Å². The summed E-state index contributed by atoms with van der Waals surface area (Å²) >= 11 is 0. The van der Waals surface area contributed by atoms with Gasteiger partial charge in [-0.2, -0.15) is 0 Å². The van der Waals surface area contributed by atoms with Crippen molar-refractivity contribution in [2.75, 3.05) is 5.73 Å². The molecule has 0 aliphatic rings. The predicted octanol–water partition coefficient (Wildman–Crippen LogP) is 2.60. The summed E-state index contributed by atoms with van der Waals surface area (Å²) in [6, 6.07) is 10.0. The highest BCUT2D eigenvalue weighted by Gasteiger charge is 2.02. The average Bonchev–Trinajstić information content (AvgIpc) is 2.28. The van der Waals surface area contributed by atoms with Gasteiger partial charge < -0.3 is 5.73 Å². The highest BCUT2D eigenvalue weighted by Crippen LogP contribution is 2.17. The summed E-state index contributed by atoms with van der Waals surface area (Å²) < 4.78 is 0. The number of nitrogens with two attached hydrogens (primary N) is 1. The minimum Gasteiger partial charge on any atom is -0.384 e. The monoisotopic (exact) mass is 213 g/mol. The maximum atomic E-state index is 5.70. The van der Waals surface area contributed by atoms with Crippen LogP contribution in [0.3, 0.4) is 0 Å². The lowest BCUT2D eigenvalue weighted by Crippen LogP contribution is -1.97. The van der Waals surface area contributed by atoms with E-state index in [1.54, 1.807) is 6.07 Å². The Morgan fingerprint density at radius 2 is 1.81 bits per heavy atom. The molecule has 3 heteroatoms. The molecule has 2 N–H and O–H groups in total. The summed E-state index contributed by atoms with van der Waals surface area (Å²) in [7, 11) is 0. The number of anilines is 1. The van der Waals surface area contributed by atoms with Gasteiger partial charge in [0.05, 0.1) is 0 Å². The molecule has 1 aromatic carbocycles. The third kappa shape index (κ3) is 2.19. The van der Waals surface area contributed by atoms with E-state index in [0.29, 0.717) is 11.6 Å². The van der Waals surface area contributed by atoms with Gasteiger partial charge in [-0.05, 0) is 18.9 Å². The van der Waals surface area contributed by atoms with E-state index < -0.39 is 0 Å². The maximum Gasteiger partial charge on any atom is 0.161 e. The van der Waals surface area contributed by atoms with Gasteiger partial charge >= 0.3 is 0 Å². The van der Waals surface area contributed by atoms with Crippen LogP contribution in [0.25, 0.3) is 11.4 Å². The standard InChI is InChI=1S/C13H15N3/c1-3-10-4-6-11(7-5-10)13-15-9(2)8-12(14)16-13/h4-8H,3H2,1-2H3,(H2,14,15,16). The number of hydrogen-bond acceptors (Lipinski definition) is 3. The highest BCUT2D eigenvalue weighted by atomic mass is 14.9. The van der Waals surface area contributed by atoms with E-state index in [1.807, 2.05) is 19.1 Å². The zero-order chi connectivity index (χ0) is 11.5. The molecule has 2 rings (SSSR count). The molecule has 3 nitrogen and oxygen atoms in total. The lowest BCUT2D eigenvalue weighted by atomic mass is 10.1. The molecule has 0 saturated heterocycles. The molecule has 0 saturated carbocycles. The second-order valence-corrected chi connectivity index (χ2v) is 3.81. The van der Waals surface area contributed by atoms with Crippen molar-refractivity contribution in [3.63, 3.8) is 0 Å². The number of rotatable bonds is 2. The Bertz CT molecular complexity index is 469. The van der Waals surface area contributed by atoms with Crippen molar-refractivity contribution >= 4 is 5.82 Å². The van der Waals surface area contributed by atoms with E-state index in [-0.39, 0.29) is 0 Å². The van der Waals surface area contributed by atoms with Gasteiger partial charge in [0.2, 0.25) is 0 Å². The molecule has 0 unspecified atom stereocenters. The lowest BCUT2D eigenvalue weighted by molar-refractivity contribution is 1.11. The van der Waals surface area contributed by atoms with Gasteiger partial charge in [-0.3, -0.25) is 0 Å². The first-order chi connectivity index (χ1) is 7.69. The van der Waals surface area contributed by atoms with Crippen LogP contribution in [-0.4, -0.2) is 9.97 Å². The molecule has 2 aromatic rings. The molecular formula is C13H15N3. The maximum absolute atomic E-state index is 5.70. The van der Waals surface area contributed by atoms with Crippen LogP contribution in [0.15, 0.2) is 30.3 Å². The van der Waals surface area contributed by atoms with Crippen molar-refractivity contribution in [1.82, 2.24) is 9.97 Å².